The fourth-order valence-electron chi connectivity index (χ4n) is 3.06. The van der Waals surface area contributed by atoms with Crippen LogP contribution < -0.4 is 4.90 Å². The zero-order valence-corrected chi connectivity index (χ0v) is 15.5. The van der Waals surface area contributed by atoms with Crippen molar-refractivity contribution >= 4 is 11.9 Å². The average Bonchev–Trinajstić information content (AvgIpc) is 2.62. The van der Waals surface area contributed by atoms with Crippen molar-refractivity contribution in [2.75, 3.05) is 37.6 Å². The molecule has 1 aromatic heterocycles. The molecule has 25 heavy (non-hydrogen) atoms. The lowest BCUT2D eigenvalue weighted by Gasteiger charge is -2.35. The molecular weight excluding hydrogens is 308 g/mol. The summed E-state index contributed by atoms with van der Waals surface area (Å²) in [6, 6.07) is 12.6. The molecule has 0 N–H and O–H groups in total. The Hall–Kier alpha value is -2.20. The van der Waals surface area contributed by atoms with E-state index in [9.17, 15) is 0 Å². The van der Waals surface area contributed by atoms with E-state index in [0.29, 0.717) is 5.92 Å². The van der Waals surface area contributed by atoms with Crippen molar-refractivity contribution in [3.8, 4) is 0 Å². The van der Waals surface area contributed by atoms with E-state index in [1.54, 1.807) is 0 Å². The molecule has 1 aliphatic heterocycles. The number of nitrogens with zero attached hydrogens (tertiary/aromatic N) is 4. The molecular formula is C21H28N4. The zero-order chi connectivity index (χ0) is 17.6. The first-order valence-electron chi connectivity index (χ1n) is 9.16. The van der Waals surface area contributed by atoms with E-state index >= 15 is 0 Å². The van der Waals surface area contributed by atoms with Crippen LogP contribution in [0.25, 0.3) is 6.08 Å². The van der Waals surface area contributed by atoms with Crippen LogP contribution >= 0.6 is 0 Å². The standard InChI is InChI=1S/C21H28N4/c1-17(2)21-22-18(3)16-20(23-21)25-14-12-24(13-15-25)11-7-10-19-8-5-4-6-9-19/h4-10,16-17H,11-15H2,1-3H3/b10-7+. The number of aromatic nitrogens is 2. The highest BCUT2D eigenvalue weighted by molar-refractivity contribution is 5.48. The second kappa shape index (κ2) is 8.26. The van der Waals surface area contributed by atoms with Crippen LogP contribution in [0.15, 0.2) is 42.5 Å². The summed E-state index contributed by atoms with van der Waals surface area (Å²) in [6.45, 7) is 11.5. The van der Waals surface area contributed by atoms with Crippen molar-refractivity contribution in [3.63, 3.8) is 0 Å². The van der Waals surface area contributed by atoms with Crippen molar-refractivity contribution in [2.45, 2.75) is 26.7 Å². The highest BCUT2D eigenvalue weighted by Crippen LogP contribution is 2.18. The molecule has 3 rings (SSSR count). The molecule has 2 aromatic rings. The summed E-state index contributed by atoms with van der Waals surface area (Å²) in [5.41, 5.74) is 2.32. The Morgan fingerprint density at radius 1 is 1.04 bits per heavy atom. The average molecular weight is 336 g/mol. The maximum Gasteiger partial charge on any atom is 0.133 e. The van der Waals surface area contributed by atoms with E-state index in [2.05, 4.69) is 84.1 Å². The second-order valence-corrected chi connectivity index (χ2v) is 6.98. The predicted octanol–water partition coefficient (Wildman–Crippen LogP) is 3.74. The van der Waals surface area contributed by atoms with Gasteiger partial charge >= 0.3 is 0 Å². The molecule has 0 radical (unpaired) electrons. The van der Waals surface area contributed by atoms with Crippen molar-refractivity contribution in [1.29, 1.82) is 0 Å². The highest BCUT2D eigenvalue weighted by atomic mass is 15.3. The monoisotopic (exact) mass is 336 g/mol. The summed E-state index contributed by atoms with van der Waals surface area (Å²) >= 11 is 0. The Morgan fingerprint density at radius 3 is 2.44 bits per heavy atom. The Morgan fingerprint density at radius 2 is 1.76 bits per heavy atom. The minimum absolute atomic E-state index is 0.364. The van der Waals surface area contributed by atoms with Crippen LogP contribution in [0.4, 0.5) is 5.82 Å². The molecule has 1 aliphatic rings. The minimum atomic E-state index is 0.364. The molecule has 4 nitrogen and oxygen atoms in total. The number of hydrogen-bond acceptors (Lipinski definition) is 4. The first-order chi connectivity index (χ1) is 12.1. The lowest BCUT2D eigenvalue weighted by molar-refractivity contribution is 0.283. The van der Waals surface area contributed by atoms with E-state index in [-0.39, 0.29) is 0 Å². The summed E-state index contributed by atoms with van der Waals surface area (Å²) in [6.07, 6.45) is 4.46. The fraction of sp³-hybridized carbons (Fsp3) is 0.429. The van der Waals surface area contributed by atoms with Gasteiger partial charge in [0.1, 0.15) is 11.6 Å². The molecule has 2 heterocycles. The quantitative estimate of drug-likeness (QED) is 0.832. The number of aryl methyl sites for hydroxylation is 1. The van der Waals surface area contributed by atoms with Crippen molar-refractivity contribution < 1.29 is 0 Å². The summed E-state index contributed by atoms with van der Waals surface area (Å²) in [5, 5.41) is 0. The van der Waals surface area contributed by atoms with Crippen LogP contribution in [0.1, 0.15) is 36.8 Å². The van der Waals surface area contributed by atoms with Gasteiger partial charge in [0.05, 0.1) is 0 Å². The van der Waals surface area contributed by atoms with Crippen molar-refractivity contribution in [1.82, 2.24) is 14.9 Å². The molecule has 0 saturated carbocycles. The smallest absolute Gasteiger partial charge is 0.133 e. The van der Waals surface area contributed by atoms with Gasteiger partial charge in [-0.3, -0.25) is 4.90 Å². The molecule has 0 bridgehead atoms. The van der Waals surface area contributed by atoms with Crippen molar-refractivity contribution in [2.24, 2.45) is 0 Å². The van der Waals surface area contributed by atoms with E-state index in [4.69, 9.17) is 4.98 Å². The van der Waals surface area contributed by atoms with Gasteiger partial charge in [-0.15, -0.1) is 0 Å². The summed E-state index contributed by atoms with van der Waals surface area (Å²) in [4.78, 5) is 14.2. The van der Waals surface area contributed by atoms with Crippen LogP contribution in [0.2, 0.25) is 0 Å². The molecule has 132 valence electrons. The van der Waals surface area contributed by atoms with Crippen LogP contribution in [-0.2, 0) is 0 Å². The molecule has 1 fully saturated rings. The molecule has 0 amide bonds. The van der Waals surface area contributed by atoms with Crippen LogP contribution in [0.3, 0.4) is 0 Å². The van der Waals surface area contributed by atoms with Gasteiger partial charge in [-0.2, -0.15) is 0 Å². The number of anilines is 1. The number of rotatable bonds is 5. The number of hydrogen-bond donors (Lipinski definition) is 0. The van der Waals surface area contributed by atoms with E-state index in [1.165, 1.54) is 5.56 Å². The third-order valence-corrected chi connectivity index (χ3v) is 4.54. The van der Waals surface area contributed by atoms with E-state index < -0.39 is 0 Å². The summed E-state index contributed by atoms with van der Waals surface area (Å²) in [5.74, 6) is 2.39. The minimum Gasteiger partial charge on any atom is -0.354 e. The maximum atomic E-state index is 4.77. The summed E-state index contributed by atoms with van der Waals surface area (Å²) < 4.78 is 0. The van der Waals surface area contributed by atoms with E-state index in [1.807, 2.05) is 0 Å². The van der Waals surface area contributed by atoms with E-state index in [0.717, 1.165) is 50.1 Å². The SMILES string of the molecule is Cc1cc(N2CCN(C/C=C/c3ccccc3)CC2)nc(C(C)C)n1. The Balaban J connectivity index is 1.54. The number of piperazine rings is 1. The predicted molar refractivity (Wildman–Crippen MR) is 105 cm³/mol. The normalized spacial score (nSPS) is 16.1. The Kier molecular flexibility index (Phi) is 5.82. The zero-order valence-electron chi connectivity index (χ0n) is 15.5. The molecule has 0 spiro atoms. The third-order valence-electron chi connectivity index (χ3n) is 4.54. The molecule has 4 heteroatoms. The van der Waals surface area contributed by atoms with Gasteiger partial charge in [0.15, 0.2) is 0 Å². The van der Waals surface area contributed by atoms with Gasteiger partial charge in [-0.25, -0.2) is 9.97 Å². The number of benzene rings is 1. The first kappa shape index (κ1) is 17.6. The summed E-state index contributed by atoms with van der Waals surface area (Å²) in [7, 11) is 0. The Bertz CT molecular complexity index is 701. The van der Waals surface area contributed by atoms with Gasteiger partial charge in [0.2, 0.25) is 0 Å². The van der Waals surface area contributed by atoms with Gasteiger partial charge < -0.3 is 4.90 Å². The van der Waals surface area contributed by atoms with Gasteiger partial charge in [0, 0.05) is 50.4 Å². The van der Waals surface area contributed by atoms with Crippen molar-refractivity contribution in [3.05, 3.63) is 59.6 Å². The van der Waals surface area contributed by atoms with Gasteiger partial charge in [0.25, 0.3) is 0 Å². The lowest BCUT2D eigenvalue weighted by atomic mass is 10.2. The lowest BCUT2D eigenvalue weighted by Crippen LogP contribution is -2.46. The van der Waals surface area contributed by atoms with Gasteiger partial charge in [-0.05, 0) is 12.5 Å². The highest BCUT2D eigenvalue weighted by Gasteiger charge is 2.18. The molecule has 0 aliphatic carbocycles. The van der Waals surface area contributed by atoms with Crippen LogP contribution in [0.5, 0.6) is 0 Å². The molecule has 1 aromatic carbocycles. The third kappa shape index (κ3) is 4.89. The first-order valence-corrected chi connectivity index (χ1v) is 9.16. The molecule has 0 atom stereocenters. The van der Waals surface area contributed by atoms with Crippen LogP contribution in [0, 0.1) is 6.92 Å². The molecule has 0 unspecified atom stereocenters. The Labute approximate surface area is 151 Å². The second-order valence-electron chi connectivity index (χ2n) is 6.98. The topological polar surface area (TPSA) is 32.3 Å². The van der Waals surface area contributed by atoms with Crippen LogP contribution in [-0.4, -0.2) is 47.6 Å². The van der Waals surface area contributed by atoms with Gasteiger partial charge in [-0.1, -0.05) is 56.3 Å². The fourth-order valence-corrected chi connectivity index (χ4v) is 3.06. The largest absolute Gasteiger partial charge is 0.354 e. The maximum absolute atomic E-state index is 4.77. The molecule has 1 saturated heterocycles.